The van der Waals surface area contributed by atoms with Crippen LogP contribution >= 0.6 is 0 Å². The third-order valence-corrected chi connectivity index (χ3v) is 3.40. The fourth-order valence-corrected chi connectivity index (χ4v) is 2.28. The minimum atomic E-state index is -1.07. The van der Waals surface area contributed by atoms with Gasteiger partial charge in [0.15, 0.2) is 0 Å². The lowest BCUT2D eigenvalue weighted by molar-refractivity contribution is 0.626. The fourth-order valence-electron chi connectivity index (χ4n) is 1.14. The quantitative estimate of drug-likeness (QED) is 0.723. The van der Waals surface area contributed by atoms with Gasteiger partial charge in [-0.3, -0.25) is 4.21 Å². The summed E-state index contributed by atoms with van der Waals surface area (Å²) in [5.74, 6) is 0.216. The summed E-state index contributed by atoms with van der Waals surface area (Å²) < 4.78 is 24.2. The Morgan fingerprint density at radius 3 is 2.53 bits per heavy atom. The zero-order chi connectivity index (χ0) is 11.1. The largest absolute Gasteiger partial charge is 0.254 e. The molecule has 0 aliphatic rings. The summed E-state index contributed by atoms with van der Waals surface area (Å²) in [6.07, 6.45) is 2.03. The van der Waals surface area contributed by atoms with E-state index in [0.29, 0.717) is 17.1 Å². The van der Waals surface area contributed by atoms with E-state index in [0.717, 1.165) is 12.8 Å². The summed E-state index contributed by atoms with van der Waals surface area (Å²) in [5.41, 5.74) is 0. The first kappa shape index (κ1) is 11.9. The lowest BCUT2D eigenvalue weighted by atomic mass is 10.3. The maximum Gasteiger partial charge on any atom is 0.123 e. The van der Waals surface area contributed by atoms with E-state index in [1.165, 1.54) is 24.3 Å². The molecule has 0 fully saturated rings. The first-order valence-electron chi connectivity index (χ1n) is 4.75. The van der Waals surface area contributed by atoms with Crippen LogP contribution in [-0.4, -0.2) is 9.96 Å². The summed E-state index contributed by atoms with van der Waals surface area (Å²) >= 11 is 0. The van der Waals surface area contributed by atoms with E-state index in [4.69, 9.17) is 5.26 Å². The van der Waals surface area contributed by atoms with Crippen LogP contribution < -0.4 is 0 Å². The van der Waals surface area contributed by atoms with Crippen LogP contribution in [0.25, 0.3) is 0 Å². The minimum Gasteiger partial charge on any atom is -0.254 e. The van der Waals surface area contributed by atoms with Crippen molar-refractivity contribution in [1.29, 1.82) is 5.26 Å². The number of nitrogens with zero attached hydrogens (tertiary/aromatic N) is 1. The molecule has 1 unspecified atom stereocenters. The van der Waals surface area contributed by atoms with E-state index in [1.807, 2.05) is 6.07 Å². The molecular weight excluding hydrogens is 213 g/mol. The van der Waals surface area contributed by atoms with Crippen molar-refractivity contribution in [2.75, 3.05) is 5.75 Å². The second-order valence-electron chi connectivity index (χ2n) is 3.12. The van der Waals surface area contributed by atoms with Crippen LogP contribution in [-0.2, 0) is 10.8 Å². The zero-order valence-corrected chi connectivity index (χ0v) is 9.10. The Hall–Kier alpha value is -1.21. The normalized spacial score (nSPS) is 12.0. The highest BCUT2D eigenvalue weighted by Crippen LogP contribution is 2.09. The Balaban J connectivity index is 2.41. The van der Waals surface area contributed by atoms with Crippen molar-refractivity contribution in [3.8, 4) is 6.07 Å². The minimum absolute atomic E-state index is 0.319. The van der Waals surface area contributed by atoms with Gasteiger partial charge in [-0.25, -0.2) is 4.39 Å². The van der Waals surface area contributed by atoms with Gasteiger partial charge in [0.05, 0.1) is 16.9 Å². The Labute approximate surface area is 91.2 Å². The summed E-state index contributed by atoms with van der Waals surface area (Å²) in [4.78, 5) is 0.647. The number of hydrogen-bond acceptors (Lipinski definition) is 2. The standard InChI is InChI=1S/C11H12FNOS/c12-10-4-6-11(7-5-10)15(14)9-3-1-2-8-13/h4-7H,1-3,9H2. The second kappa shape index (κ2) is 6.31. The molecule has 0 saturated heterocycles. The molecule has 1 aromatic rings. The van der Waals surface area contributed by atoms with E-state index in [9.17, 15) is 8.60 Å². The zero-order valence-electron chi connectivity index (χ0n) is 8.28. The summed E-state index contributed by atoms with van der Waals surface area (Å²) in [6.45, 7) is 0. The molecule has 1 aromatic carbocycles. The average Bonchev–Trinajstić information content (AvgIpc) is 2.25. The molecule has 0 saturated carbocycles. The Morgan fingerprint density at radius 2 is 1.93 bits per heavy atom. The van der Waals surface area contributed by atoms with Crippen LogP contribution in [0, 0.1) is 17.1 Å². The van der Waals surface area contributed by atoms with Crippen molar-refractivity contribution in [2.45, 2.75) is 24.2 Å². The van der Waals surface area contributed by atoms with Gasteiger partial charge in [-0.15, -0.1) is 0 Å². The molecular formula is C11H12FNOS. The highest BCUT2D eigenvalue weighted by atomic mass is 32.2. The van der Waals surface area contributed by atoms with Crippen molar-refractivity contribution in [3.05, 3.63) is 30.1 Å². The first-order chi connectivity index (χ1) is 7.24. The molecule has 1 atom stereocenters. The fraction of sp³-hybridized carbons (Fsp3) is 0.364. The summed E-state index contributed by atoms with van der Waals surface area (Å²) in [5, 5.41) is 8.31. The average molecular weight is 225 g/mol. The van der Waals surface area contributed by atoms with Gasteiger partial charge in [0.1, 0.15) is 5.82 Å². The Morgan fingerprint density at radius 1 is 1.27 bits per heavy atom. The highest BCUT2D eigenvalue weighted by Gasteiger charge is 2.03. The smallest absolute Gasteiger partial charge is 0.123 e. The van der Waals surface area contributed by atoms with Gasteiger partial charge in [0.2, 0.25) is 0 Å². The van der Waals surface area contributed by atoms with E-state index >= 15 is 0 Å². The van der Waals surface area contributed by atoms with Crippen LogP contribution in [0.5, 0.6) is 0 Å². The molecule has 0 heterocycles. The highest BCUT2D eigenvalue weighted by molar-refractivity contribution is 7.85. The van der Waals surface area contributed by atoms with Gasteiger partial charge in [0.25, 0.3) is 0 Å². The summed E-state index contributed by atoms with van der Waals surface area (Å²) in [6, 6.07) is 7.73. The summed E-state index contributed by atoms with van der Waals surface area (Å²) in [7, 11) is -1.07. The first-order valence-corrected chi connectivity index (χ1v) is 6.07. The number of hydrogen-bond donors (Lipinski definition) is 0. The lowest BCUT2D eigenvalue weighted by Gasteiger charge is -2.00. The molecule has 2 nitrogen and oxygen atoms in total. The predicted octanol–water partition coefficient (Wildman–Crippen LogP) is 2.63. The molecule has 0 spiro atoms. The molecule has 0 amide bonds. The van der Waals surface area contributed by atoms with Crippen molar-refractivity contribution in [1.82, 2.24) is 0 Å². The molecule has 80 valence electrons. The number of rotatable bonds is 5. The topological polar surface area (TPSA) is 40.9 Å². The van der Waals surface area contributed by atoms with Gasteiger partial charge < -0.3 is 0 Å². The lowest BCUT2D eigenvalue weighted by Crippen LogP contribution is -1.98. The number of unbranched alkanes of at least 4 members (excludes halogenated alkanes) is 2. The second-order valence-corrected chi connectivity index (χ2v) is 4.69. The van der Waals surface area contributed by atoms with E-state index in [2.05, 4.69) is 0 Å². The molecule has 0 N–H and O–H groups in total. The van der Waals surface area contributed by atoms with Crippen molar-refractivity contribution in [2.24, 2.45) is 0 Å². The number of nitriles is 1. The maximum atomic E-state index is 12.6. The molecule has 0 radical (unpaired) electrons. The molecule has 0 aliphatic carbocycles. The molecule has 4 heteroatoms. The third kappa shape index (κ3) is 4.22. The maximum absolute atomic E-state index is 12.6. The van der Waals surface area contributed by atoms with Crippen molar-refractivity contribution < 1.29 is 8.60 Å². The van der Waals surface area contributed by atoms with Gasteiger partial charge in [-0.1, -0.05) is 0 Å². The molecule has 15 heavy (non-hydrogen) atoms. The van der Waals surface area contributed by atoms with Crippen molar-refractivity contribution >= 4 is 10.8 Å². The van der Waals surface area contributed by atoms with Crippen LogP contribution in [0.4, 0.5) is 4.39 Å². The van der Waals surface area contributed by atoms with E-state index in [-0.39, 0.29) is 5.82 Å². The number of halogens is 1. The third-order valence-electron chi connectivity index (χ3n) is 1.94. The predicted molar refractivity (Wildman–Crippen MR) is 57.1 cm³/mol. The van der Waals surface area contributed by atoms with Gasteiger partial charge >= 0.3 is 0 Å². The van der Waals surface area contributed by atoms with Gasteiger partial charge in [-0.2, -0.15) is 5.26 Å². The van der Waals surface area contributed by atoms with Crippen LogP contribution in [0.1, 0.15) is 19.3 Å². The van der Waals surface area contributed by atoms with Crippen LogP contribution in [0.2, 0.25) is 0 Å². The Kier molecular flexibility index (Phi) is 4.99. The molecule has 1 rings (SSSR count). The van der Waals surface area contributed by atoms with Crippen molar-refractivity contribution in [3.63, 3.8) is 0 Å². The SMILES string of the molecule is N#CCCCCS(=O)c1ccc(F)cc1. The van der Waals surface area contributed by atoms with E-state index in [1.54, 1.807) is 0 Å². The molecule has 0 bridgehead atoms. The van der Waals surface area contributed by atoms with Gasteiger partial charge in [-0.05, 0) is 37.1 Å². The molecule has 0 aliphatic heterocycles. The molecule has 0 aromatic heterocycles. The van der Waals surface area contributed by atoms with Gasteiger partial charge in [0, 0.05) is 17.1 Å². The van der Waals surface area contributed by atoms with Crippen LogP contribution in [0.15, 0.2) is 29.2 Å². The number of benzene rings is 1. The Bertz CT molecular complexity index is 369. The van der Waals surface area contributed by atoms with E-state index < -0.39 is 10.8 Å². The van der Waals surface area contributed by atoms with Crippen LogP contribution in [0.3, 0.4) is 0 Å². The monoisotopic (exact) mass is 225 g/mol.